The van der Waals surface area contributed by atoms with Crippen molar-refractivity contribution >= 4 is 11.6 Å². The van der Waals surface area contributed by atoms with E-state index in [1.165, 1.54) is 22.4 Å². The second-order valence-corrected chi connectivity index (χ2v) is 9.76. The zero-order chi connectivity index (χ0) is 25.2. The van der Waals surface area contributed by atoms with Crippen LogP contribution in [-0.4, -0.2) is 36.2 Å². The Labute approximate surface area is 218 Å². The van der Waals surface area contributed by atoms with Gasteiger partial charge in [-0.15, -0.1) is 0 Å². The molecule has 6 nitrogen and oxygen atoms in total. The molecule has 1 saturated heterocycles. The van der Waals surface area contributed by atoms with Crippen LogP contribution in [0.2, 0.25) is 0 Å². The van der Waals surface area contributed by atoms with Crippen LogP contribution in [0.15, 0.2) is 95.8 Å². The number of nitrogens with zero attached hydrogens (tertiary/aromatic N) is 4. The van der Waals surface area contributed by atoms with Gasteiger partial charge >= 0.3 is 0 Å². The third-order valence-corrected chi connectivity index (χ3v) is 7.44. The number of para-hydroxylation sites is 1. The van der Waals surface area contributed by atoms with E-state index in [2.05, 4.69) is 93.8 Å². The zero-order valence-electron chi connectivity index (χ0n) is 21.4. The van der Waals surface area contributed by atoms with Crippen LogP contribution in [0.25, 0.3) is 11.1 Å². The monoisotopic (exact) mass is 492 g/mol. The van der Waals surface area contributed by atoms with Crippen molar-refractivity contribution in [3.05, 3.63) is 114 Å². The topological polar surface area (TPSA) is 45.0 Å². The van der Waals surface area contributed by atoms with E-state index in [1.54, 1.807) is 6.26 Å². The van der Waals surface area contributed by atoms with Crippen LogP contribution in [-0.2, 0) is 11.3 Å². The summed E-state index contributed by atoms with van der Waals surface area (Å²) in [5.41, 5.74) is 8.11. The van der Waals surface area contributed by atoms with E-state index in [0.717, 1.165) is 55.4 Å². The maximum Gasteiger partial charge on any atom is 0.237 e. The number of aryl methyl sites for hydroxylation is 1. The molecule has 3 aromatic carbocycles. The molecule has 2 aliphatic heterocycles. The third kappa shape index (κ3) is 4.72. The van der Waals surface area contributed by atoms with E-state index in [-0.39, 0.29) is 6.23 Å². The molecule has 0 radical (unpaired) electrons. The van der Waals surface area contributed by atoms with Crippen molar-refractivity contribution < 1.29 is 9.26 Å². The van der Waals surface area contributed by atoms with Gasteiger partial charge in [-0.05, 0) is 48.7 Å². The minimum absolute atomic E-state index is 0.287. The summed E-state index contributed by atoms with van der Waals surface area (Å²) in [6.45, 7) is 8.98. The van der Waals surface area contributed by atoms with Crippen molar-refractivity contribution in [3.63, 3.8) is 0 Å². The molecule has 0 aliphatic carbocycles. The molecule has 0 spiro atoms. The average molecular weight is 493 g/mol. The molecule has 6 heteroatoms. The first-order valence-corrected chi connectivity index (χ1v) is 12.9. The molecular formula is C31H32N4O2. The molecule has 37 heavy (non-hydrogen) atoms. The number of ether oxygens (including phenoxy) is 1. The van der Waals surface area contributed by atoms with Gasteiger partial charge in [-0.2, -0.15) is 0 Å². The van der Waals surface area contributed by atoms with E-state index in [0.29, 0.717) is 0 Å². The number of hydrogen-bond donors (Lipinski definition) is 0. The van der Waals surface area contributed by atoms with Crippen LogP contribution in [0.3, 0.4) is 0 Å². The maximum absolute atomic E-state index is 6.06. The Kier molecular flexibility index (Phi) is 6.41. The normalized spacial score (nSPS) is 17.8. The fraction of sp³-hybridized carbons (Fsp3) is 0.258. The van der Waals surface area contributed by atoms with Gasteiger partial charge in [0.05, 0.1) is 5.69 Å². The highest BCUT2D eigenvalue weighted by molar-refractivity contribution is 5.68. The second-order valence-electron chi connectivity index (χ2n) is 9.76. The second kappa shape index (κ2) is 10.1. The molecule has 1 fully saturated rings. The number of anilines is 2. The van der Waals surface area contributed by atoms with Crippen LogP contribution in [0.4, 0.5) is 11.6 Å². The average Bonchev–Trinajstić information content (AvgIpc) is 3.56. The molecule has 1 unspecified atom stereocenters. The van der Waals surface area contributed by atoms with Gasteiger partial charge in [0.1, 0.15) is 6.26 Å². The van der Waals surface area contributed by atoms with Crippen molar-refractivity contribution in [2.45, 2.75) is 26.6 Å². The van der Waals surface area contributed by atoms with E-state index in [4.69, 9.17) is 9.26 Å². The minimum Gasteiger partial charge on any atom is -0.472 e. The van der Waals surface area contributed by atoms with Gasteiger partial charge in [0.15, 0.2) is 0 Å². The molecule has 1 atom stereocenters. The van der Waals surface area contributed by atoms with Gasteiger partial charge in [-0.25, -0.2) is 0 Å². The Morgan fingerprint density at radius 2 is 1.59 bits per heavy atom. The number of hydrogen-bond acceptors (Lipinski definition) is 6. The maximum atomic E-state index is 6.06. The van der Waals surface area contributed by atoms with E-state index >= 15 is 0 Å². The Balaban J connectivity index is 1.27. The highest BCUT2D eigenvalue weighted by Gasteiger charge is 2.30. The molecule has 6 rings (SSSR count). The Bertz CT molecular complexity index is 1380. The lowest BCUT2D eigenvalue weighted by Crippen LogP contribution is -2.46. The summed E-state index contributed by atoms with van der Waals surface area (Å²) in [5.74, 6) is 0.724. The van der Waals surface area contributed by atoms with Crippen LogP contribution in [0.1, 0.15) is 28.6 Å². The highest BCUT2D eigenvalue weighted by atomic mass is 16.5. The summed E-state index contributed by atoms with van der Waals surface area (Å²) in [4.78, 5) is 7.05. The number of benzene rings is 3. The van der Waals surface area contributed by atoms with Crippen LogP contribution in [0, 0.1) is 13.8 Å². The van der Waals surface area contributed by atoms with Gasteiger partial charge in [-0.1, -0.05) is 65.8 Å². The summed E-state index contributed by atoms with van der Waals surface area (Å²) >= 11 is 0. The highest BCUT2D eigenvalue weighted by Crippen LogP contribution is 2.37. The molecule has 4 aromatic rings. The number of rotatable bonds is 6. The van der Waals surface area contributed by atoms with Crippen molar-refractivity contribution in [3.8, 4) is 11.1 Å². The molecule has 1 aromatic heterocycles. The summed E-state index contributed by atoms with van der Waals surface area (Å²) < 4.78 is 11.7. The van der Waals surface area contributed by atoms with Crippen LogP contribution >= 0.6 is 0 Å². The smallest absolute Gasteiger partial charge is 0.237 e. The zero-order valence-corrected chi connectivity index (χ0v) is 21.4. The molecule has 0 amide bonds. The lowest BCUT2D eigenvalue weighted by molar-refractivity contribution is 0.169. The van der Waals surface area contributed by atoms with E-state index < -0.39 is 0 Å². The van der Waals surface area contributed by atoms with Crippen LogP contribution < -0.4 is 9.80 Å². The first kappa shape index (κ1) is 23.4. The Morgan fingerprint density at radius 3 is 2.30 bits per heavy atom. The molecule has 188 valence electrons. The molecule has 2 aliphatic rings. The third-order valence-electron chi connectivity index (χ3n) is 7.44. The summed E-state index contributed by atoms with van der Waals surface area (Å²) in [6.07, 6.45) is 3.37. The molecular weight excluding hydrogens is 460 g/mol. The van der Waals surface area contributed by atoms with Crippen molar-refractivity contribution in [1.82, 2.24) is 10.1 Å². The summed E-state index contributed by atoms with van der Waals surface area (Å²) in [7, 11) is 0. The molecule has 0 N–H and O–H groups in total. The largest absolute Gasteiger partial charge is 0.472 e. The van der Waals surface area contributed by atoms with Gasteiger partial charge in [0.2, 0.25) is 12.1 Å². The fourth-order valence-corrected chi connectivity index (χ4v) is 5.22. The predicted molar refractivity (Wildman–Crippen MR) is 147 cm³/mol. The van der Waals surface area contributed by atoms with E-state index in [1.807, 2.05) is 24.9 Å². The lowest BCUT2D eigenvalue weighted by Gasteiger charge is -2.36. The first-order chi connectivity index (χ1) is 18.2. The molecule has 3 heterocycles. The van der Waals surface area contributed by atoms with Gasteiger partial charge in [-0.3, -0.25) is 9.80 Å². The van der Waals surface area contributed by atoms with E-state index in [9.17, 15) is 0 Å². The van der Waals surface area contributed by atoms with Crippen molar-refractivity contribution in [2.24, 2.45) is 0 Å². The molecule has 0 saturated carbocycles. The summed E-state index contributed by atoms with van der Waals surface area (Å²) in [6, 6.07) is 28.1. The minimum atomic E-state index is -0.287. The van der Waals surface area contributed by atoms with Gasteiger partial charge in [0, 0.05) is 55.7 Å². The SMILES string of the molecule is Cc1noc(N2C=COC2c2ccc(-c3ccccc3)c(CN3CCN(c4ccccc4)CC3)c2)c1C. The first-order valence-electron chi connectivity index (χ1n) is 12.9. The van der Waals surface area contributed by atoms with Gasteiger partial charge in [0.25, 0.3) is 0 Å². The Hall–Kier alpha value is -4.03. The quantitative estimate of drug-likeness (QED) is 0.315. The Morgan fingerprint density at radius 1 is 0.865 bits per heavy atom. The standard InChI is InChI=1S/C31H32N4O2/c1-23-24(2)32-37-30(23)35-19-20-36-31(35)26-13-14-29(25-9-5-3-6-10-25)27(21-26)22-33-15-17-34(18-16-33)28-11-7-4-8-12-28/h3-14,19-21,31H,15-18,22H2,1-2H3. The fourth-order valence-electron chi connectivity index (χ4n) is 5.22. The van der Waals surface area contributed by atoms with Crippen molar-refractivity contribution in [1.29, 1.82) is 0 Å². The molecule has 0 bridgehead atoms. The van der Waals surface area contributed by atoms with Crippen molar-refractivity contribution in [2.75, 3.05) is 36.0 Å². The van der Waals surface area contributed by atoms with Gasteiger partial charge < -0.3 is 14.2 Å². The number of aromatic nitrogens is 1. The van der Waals surface area contributed by atoms with Crippen LogP contribution in [0.5, 0.6) is 0 Å². The lowest BCUT2D eigenvalue weighted by atomic mass is 9.96. The summed E-state index contributed by atoms with van der Waals surface area (Å²) in [5, 5.41) is 4.15. The number of piperazine rings is 1. The predicted octanol–water partition coefficient (Wildman–Crippen LogP) is 6.29.